The van der Waals surface area contributed by atoms with Crippen LogP contribution in [0.5, 0.6) is 0 Å². The van der Waals surface area contributed by atoms with E-state index in [2.05, 4.69) is 35.8 Å². The lowest BCUT2D eigenvalue weighted by atomic mass is 10.2. The summed E-state index contributed by atoms with van der Waals surface area (Å²) in [4.78, 5) is 12.0. The smallest absolute Gasteiger partial charge is 0.281 e. The van der Waals surface area contributed by atoms with Crippen molar-refractivity contribution < 1.29 is 9.42 Å². The number of aromatic nitrogens is 6. The molecule has 0 unspecified atom stereocenters. The summed E-state index contributed by atoms with van der Waals surface area (Å²) in [5.74, 6) is -0.619. The van der Waals surface area contributed by atoms with E-state index in [1.54, 1.807) is 24.3 Å². The minimum absolute atomic E-state index is 0.0811. The van der Waals surface area contributed by atoms with Crippen molar-refractivity contribution in [2.75, 3.05) is 11.1 Å². The summed E-state index contributed by atoms with van der Waals surface area (Å²) in [6.45, 7) is 0. The maximum Gasteiger partial charge on any atom is 0.281 e. The fourth-order valence-electron chi connectivity index (χ4n) is 1.59. The van der Waals surface area contributed by atoms with Gasteiger partial charge in [-0.15, -0.1) is 5.10 Å². The molecule has 2 heterocycles. The Morgan fingerprint density at radius 2 is 2.15 bits per heavy atom. The number of tetrazole rings is 1. The average molecular weight is 272 g/mol. The molecule has 0 bridgehead atoms. The number of rotatable bonds is 3. The first-order valence-electron chi connectivity index (χ1n) is 5.47. The van der Waals surface area contributed by atoms with Crippen molar-refractivity contribution in [2.45, 2.75) is 0 Å². The van der Waals surface area contributed by atoms with Gasteiger partial charge >= 0.3 is 0 Å². The zero-order chi connectivity index (χ0) is 13.9. The first-order valence-corrected chi connectivity index (χ1v) is 5.47. The summed E-state index contributed by atoms with van der Waals surface area (Å²) >= 11 is 0. The topological polar surface area (TPSA) is 138 Å². The van der Waals surface area contributed by atoms with E-state index in [0.29, 0.717) is 11.4 Å². The number of para-hydroxylation sites is 2. The zero-order valence-corrected chi connectivity index (χ0v) is 9.96. The van der Waals surface area contributed by atoms with Gasteiger partial charge in [-0.25, -0.2) is 4.63 Å². The quantitative estimate of drug-likeness (QED) is 0.672. The van der Waals surface area contributed by atoms with E-state index in [9.17, 15) is 4.79 Å². The second kappa shape index (κ2) is 4.76. The maximum absolute atomic E-state index is 12.0. The van der Waals surface area contributed by atoms with E-state index in [0.717, 1.165) is 0 Å². The molecule has 0 aliphatic rings. The van der Waals surface area contributed by atoms with E-state index < -0.39 is 5.91 Å². The Morgan fingerprint density at radius 3 is 2.85 bits per heavy atom. The number of carbonyl (C=O) groups excluding carboxylic acids is 1. The molecule has 1 amide bonds. The lowest BCUT2D eigenvalue weighted by Crippen LogP contribution is -2.16. The van der Waals surface area contributed by atoms with Crippen molar-refractivity contribution in [3.05, 3.63) is 36.3 Å². The highest BCUT2D eigenvalue weighted by Crippen LogP contribution is 2.19. The number of nitrogen functional groups attached to an aromatic ring is 1. The Balaban J connectivity index is 1.92. The number of carbonyl (C=O) groups is 1. The molecule has 20 heavy (non-hydrogen) atoms. The van der Waals surface area contributed by atoms with Crippen LogP contribution in [0.4, 0.5) is 11.5 Å². The van der Waals surface area contributed by atoms with Crippen molar-refractivity contribution in [1.29, 1.82) is 0 Å². The highest BCUT2D eigenvalue weighted by atomic mass is 16.6. The summed E-state index contributed by atoms with van der Waals surface area (Å²) in [6.07, 6.45) is 1.41. The number of nitrogens with two attached hydrogens (primary N) is 1. The van der Waals surface area contributed by atoms with Crippen LogP contribution in [-0.4, -0.2) is 36.4 Å². The number of amides is 1. The SMILES string of the molecule is Nc1nonc1C(=O)Nc1ccccc1-n1cnnn1. The van der Waals surface area contributed by atoms with Crippen LogP contribution in [0.15, 0.2) is 35.2 Å². The highest BCUT2D eigenvalue weighted by molar-refractivity contribution is 6.06. The summed E-state index contributed by atoms with van der Waals surface area (Å²) in [5.41, 5.74) is 6.47. The van der Waals surface area contributed by atoms with Crippen molar-refractivity contribution in [1.82, 2.24) is 30.5 Å². The molecule has 3 aromatic rings. The maximum atomic E-state index is 12.0. The second-order valence-electron chi connectivity index (χ2n) is 3.72. The van der Waals surface area contributed by atoms with E-state index in [4.69, 9.17) is 5.73 Å². The Labute approximate surface area is 111 Å². The molecule has 100 valence electrons. The fourth-order valence-corrected chi connectivity index (χ4v) is 1.59. The number of hydrogen-bond donors (Lipinski definition) is 2. The van der Waals surface area contributed by atoms with Crippen LogP contribution in [-0.2, 0) is 0 Å². The normalized spacial score (nSPS) is 10.4. The summed E-state index contributed by atoms with van der Waals surface area (Å²) in [5, 5.41) is 20.3. The minimum Gasteiger partial charge on any atom is -0.379 e. The third-order valence-electron chi connectivity index (χ3n) is 2.48. The molecule has 3 rings (SSSR count). The molecule has 0 aliphatic heterocycles. The molecule has 2 aromatic heterocycles. The summed E-state index contributed by atoms with van der Waals surface area (Å²) in [6, 6.07) is 6.99. The molecule has 3 N–H and O–H groups in total. The number of nitrogens with one attached hydrogen (secondary N) is 1. The Bertz CT molecular complexity index is 735. The van der Waals surface area contributed by atoms with Gasteiger partial charge in [-0.3, -0.25) is 4.79 Å². The monoisotopic (exact) mass is 272 g/mol. The van der Waals surface area contributed by atoms with Crippen molar-refractivity contribution in [3.63, 3.8) is 0 Å². The Hall–Kier alpha value is -3.30. The van der Waals surface area contributed by atoms with E-state index >= 15 is 0 Å². The molecule has 10 nitrogen and oxygen atoms in total. The molecular formula is C10H8N8O2. The van der Waals surface area contributed by atoms with Crippen LogP contribution in [0.25, 0.3) is 5.69 Å². The van der Waals surface area contributed by atoms with Gasteiger partial charge in [-0.1, -0.05) is 12.1 Å². The molecular weight excluding hydrogens is 264 g/mol. The van der Waals surface area contributed by atoms with Gasteiger partial charge in [-0.05, 0) is 32.9 Å². The number of benzene rings is 1. The second-order valence-corrected chi connectivity index (χ2v) is 3.72. The molecule has 0 spiro atoms. The van der Waals surface area contributed by atoms with Gasteiger partial charge in [0.05, 0.1) is 11.4 Å². The predicted octanol–water partition coefficient (Wildman–Crippen LogP) is -0.120. The predicted molar refractivity (Wildman–Crippen MR) is 65.8 cm³/mol. The summed E-state index contributed by atoms with van der Waals surface area (Å²) in [7, 11) is 0. The van der Waals surface area contributed by atoms with Crippen molar-refractivity contribution >= 4 is 17.4 Å². The highest BCUT2D eigenvalue weighted by Gasteiger charge is 2.17. The fraction of sp³-hybridized carbons (Fsp3) is 0. The number of hydrogen-bond acceptors (Lipinski definition) is 8. The molecule has 1 aromatic carbocycles. The first kappa shape index (κ1) is 11.8. The van der Waals surface area contributed by atoms with Crippen LogP contribution < -0.4 is 11.1 Å². The van der Waals surface area contributed by atoms with Crippen LogP contribution >= 0.6 is 0 Å². The van der Waals surface area contributed by atoms with Gasteiger partial charge in [0, 0.05) is 0 Å². The first-order chi connectivity index (χ1) is 9.75. The van der Waals surface area contributed by atoms with Crippen molar-refractivity contribution in [3.8, 4) is 5.69 Å². The van der Waals surface area contributed by atoms with E-state index in [1.165, 1.54) is 11.0 Å². The van der Waals surface area contributed by atoms with Crippen LogP contribution in [0, 0.1) is 0 Å². The van der Waals surface area contributed by atoms with Gasteiger partial charge in [0.1, 0.15) is 6.33 Å². The molecule has 0 fully saturated rings. The number of anilines is 2. The average Bonchev–Trinajstić information content (AvgIpc) is 3.10. The molecule has 10 heteroatoms. The number of nitrogens with zero attached hydrogens (tertiary/aromatic N) is 6. The van der Waals surface area contributed by atoms with Gasteiger partial charge in [-0.2, -0.15) is 4.68 Å². The van der Waals surface area contributed by atoms with Crippen LogP contribution in [0.3, 0.4) is 0 Å². The summed E-state index contributed by atoms with van der Waals surface area (Å²) < 4.78 is 5.80. The van der Waals surface area contributed by atoms with Gasteiger partial charge in [0.15, 0.2) is 0 Å². The van der Waals surface area contributed by atoms with Crippen molar-refractivity contribution in [2.24, 2.45) is 0 Å². The molecule has 0 radical (unpaired) electrons. The largest absolute Gasteiger partial charge is 0.379 e. The Morgan fingerprint density at radius 1 is 1.30 bits per heavy atom. The molecule has 0 saturated heterocycles. The molecule has 0 atom stereocenters. The van der Waals surface area contributed by atoms with Crippen LogP contribution in [0.2, 0.25) is 0 Å². The van der Waals surface area contributed by atoms with Gasteiger partial charge < -0.3 is 11.1 Å². The van der Waals surface area contributed by atoms with E-state index in [1.807, 2.05) is 0 Å². The third kappa shape index (κ3) is 2.05. The minimum atomic E-state index is -0.538. The molecule has 0 saturated carbocycles. The van der Waals surface area contributed by atoms with Gasteiger partial charge in [0.25, 0.3) is 5.91 Å². The lowest BCUT2D eigenvalue weighted by molar-refractivity contribution is 0.101. The third-order valence-corrected chi connectivity index (χ3v) is 2.48. The van der Waals surface area contributed by atoms with E-state index in [-0.39, 0.29) is 11.5 Å². The zero-order valence-electron chi connectivity index (χ0n) is 9.96. The lowest BCUT2D eigenvalue weighted by Gasteiger charge is -2.08. The van der Waals surface area contributed by atoms with Gasteiger partial charge in [0.2, 0.25) is 11.5 Å². The Kier molecular flexibility index (Phi) is 2.80. The molecule has 0 aliphatic carbocycles. The van der Waals surface area contributed by atoms with Crippen LogP contribution in [0.1, 0.15) is 10.5 Å². The standard InChI is InChI=1S/C10H8N8O2/c11-9-8(14-20-15-9)10(19)13-6-3-1-2-4-7(6)18-5-12-16-17-18/h1-5H,(H2,11,15)(H,13,19).